The second kappa shape index (κ2) is 11.1. The van der Waals surface area contributed by atoms with Gasteiger partial charge >= 0.3 is 0 Å². The molecule has 0 aliphatic heterocycles. The Hall–Kier alpha value is -3.72. The smallest absolute Gasteiger partial charge is 0.261 e. The van der Waals surface area contributed by atoms with Crippen LogP contribution in [0.25, 0.3) is 0 Å². The van der Waals surface area contributed by atoms with E-state index in [0.29, 0.717) is 22.9 Å². The Morgan fingerprint density at radius 2 is 1.51 bits per heavy atom. The van der Waals surface area contributed by atoms with Crippen LogP contribution in [-0.2, 0) is 14.8 Å². The van der Waals surface area contributed by atoms with Gasteiger partial charge in [-0.3, -0.25) is 9.52 Å². The van der Waals surface area contributed by atoms with Crippen LogP contribution < -0.4 is 24.2 Å². The molecule has 0 bridgehead atoms. The van der Waals surface area contributed by atoms with Gasteiger partial charge in [-0.25, -0.2) is 8.42 Å². The molecule has 8 nitrogen and oxygen atoms in total. The molecule has 3 rings (SSSR count). The topological polar surface area (TPSA) is 103 Å². The molecule has 186 valence electrons. The maximum Gasteiger partial charge on any atom is 0.261 e. The average Bonchev–Trinajstić information content (AvgIpc) is 2.81. The third-order valence-electron chi connectivity index (χ3n) is 5.26. The van der Waals surface area contributed by atoms with E-state index in [4.69, 9.17) is 14.2 Å². The number of hydrogen-bond acceptors (Lipinski definition) is 6. The van der Waals surface area contributed by atoms with Crippen molar-refractivity contribution in [2.24, 2.45) is 0 Å². The first kappa shape index (κ1) is 25.9. The molecule has 2 N–H and O–H groups in total. The molecular weight excluding hydrogens is 468 g/mol. The van der Waals surface area contributed by atoms with Gasteiger partial charge in [-0.05, 0) is 86.0 Å². The van der Waals surface area contributed by atoms with Gasteiger partial charge in [-0.2, -0.15) is 0 Å². The van der Waals surface area contributed by atoms with E-state index >= 15 is 0 Å². The lowest BCUT2D eigenvalue weighted by molar-refractivity contribution is -0.123. The first-order chi connectivity index (χ1) is 16.6. The van der Waals surface area contributed by atoms with Crippen molar-refractivity contribution in [2.75, 3.05) is 25.5 Å². The third kappa shape index (κ3) is 6.89. The van der Waals surface area contributed by atoms with Crippen LogP contribution in [0, 0.1) is 13.8 Å². The Morgan fingerprint density at radius 3 is 2.11 bits per heavy atom. The van der Waals surface area contributed by atoms with E-state index < -0.39 is 10.0 Å². The number of methoxy groups -OCH3 is 2. The number of carbonyl (C=O) groups is 1. The van der Waals surface area contributed by atoms with Crippen molar-refractivity contribution >= 4 is 21.6 Å². The number of nitrogens with one attached hydrogen (secondary N) is 2. The lowest BCUT2D eigenvalue weighted by Gasteiger charge is -2.17. The zero-order valence-corrected chi connectivity index (χ0v) is 21.2. The van der Waals surface area contributed by atoms with Crippen LogP contribution in [0.4, 0.5) is 5.69 Å². The molecule has 0 unspecified atom stereocenters. The molecule has 1 amide bonds. The molecule has 0 aliphatic rings. The van der Waals surface area contributed by atoms with Crippen LogP contribution in [0.5, 0.6) is 17.2 Å². The first-order valence-corrected chi connectivity index (χ1v) is 12.4. The van der Waals surface area contributed by atoms with Gasteiger partial charge in [0.1, 0.15) is 5.75 Å². The summed E-state index contributed by atoms with van der Waals surface area (Å²) in [5, 5.41) is 2.86. The molecule has 0 fully saturated rings. The van der Waals surface area contributed by atoms with Crippen molar-refractivity contribution in [3.63, 3.8) is 0 Å². The quantitative estimate of drug-likeness (QED) is 0.430. The maximum absolute atomic E-state index is 12.7. The molecule has 0 heterocycles. The zero-order valence-electron chi connectivity index (χ0n) is 20.4. The number of ether oxygens (including phenoxy) is 3. The SMILES string of the molecule is COc1ccc([C@H](C)NC(=O)COc2ccc(S(=O)(=O)Nc3cc(C)cc(C)c3)cc2)cc1OC. The van der Waals surface area contributed by atoms with Gasteiger partial charge in [0, 0.05) is 5.69 Å². The van der Waals surface area contributed by atoms with Crippen molar-refractivity contribution in [3.8, 4) is 17.2 Å². The van der Waals surface area contributed by atoms with Crippen molar-refractivity contribution in [1.29, 1.82) is 0 Å². The number of anilines is 1. The molecule has 3 aromatic carbocycles. The fourth-order valence-corrected chi connectivity index (χ4v) is 4.64. The Bertz CT molecular complexity index is 1270. The number of sulfonamides is 1. The minimum atomic E-state index is -3.76. The van der Waals surface area contributed by atoms with E-state index in [-0.39, 0.29) is 23.5 Å². The summed E-state index contributed by atoms with van der Waals surface area (Å²) in [5.74, 6) is 1.24. The van der Waals surface area contributed by atoms with Crippen LogP contribution in [0.1, 0.15) is 29.7 Å². The minimum Gasteiger partial charge on any atom is -0.493 e. The maximum atomic E-state index is 12.7. The molecule has 0 aliphatic carbocycles. The molecule has 0 saturated heterocycles. The van der Waals surface area contributed by atoms with Gasteiger partial charge in [0.25, 0.3) is 15.9 Å². The second-order valence-corrected chi connectivity index (χ2v) is 9.83. The Balaban J connectivity index is 1.57. The summed E-state index contributed by atoms with van der Waals surface area (Å²) >= 11 is 0. The largest absolute Gasteiger partial charge is 0.493 e. The van der Waals surface area contributed by atoms with E-state index in [9.17, 15) is 13.2 Å². The number of benzene rings is 3. The minimum absolute atomic E-state index is 0.0931. The van der Waals surface area contributed by atoms with Crippen LogP contribution in [0.15, 0.2) is 65.6 Å². The number of hydrogen-bond donors (Lipinski definition) is 2. The fraction of sp³-hybridized carbons (Fsp3) is 0.269. The van der Waals surface area contributed by atoms with Crippen molar-refractivity contribution in [3.05, 3.63) is 77.4 Å². The molecule has 0 saturated carbocycles. The van der Waals surface area contributed by atoms with Crippen LogP contribution in [-0.4, -0.2) is 35.2 Å². The molecule has 0 aromatic heterocycles. The molecule has 0 spiro atoms. The zero-order chi connectivity index (χ0) is 25.6. The van der Waals surface area contributed by atoms with Gasteiger partial charge in [-0.1, -0.05) is 12.1 Å². The highest BCUT2D eigenvalue weighted by Gasteiger charge is 2.16. The molecule has 0 radical (unpaired) electrons. The van der Waals surface area contributed by atoms with Gasteiger partial charge < -0.3 is 19.5 Å². The standard InChI is InChI=1S/C26H30N2O6S/c1-17-12-18(2)14-21(13-17)28-35(30,31)23-9-7-22(8-10-23)34-16-26(29)27-19(3)20-6-11-24(32-4)25(15-20)33-5/h6-15,19,28H,16H2,1-5H3,(H,27,29)/t19-/m0/s1. The van der Waals surface area contributed by atoms with Gasteiger partial charge in [0.05, 0.1) is 25.2 Å². The molecule has 9 heteroatoms. The summed E-state index contributed by atoms with van der Waals surface area (Å²) < 4.78 is 44.1. The predicted octanol–water partition coefficient (Wildman–Crippen LogP) is 4.38. The third-order valence-corrected chi connectivity index (χ3v) is 6.66. The monoisotopic (exact) mass is 498 g/mol. The Morgan fingerprint density at radius 1 is 0.886 bits per heavy atom. The van der Waals surface area contributed by atoms with E-state index in [1.807, 2.05) is 32.9 Å². The molecule has 35 heavy (non-hydrogen) atoms. The predicted molar refractivity (Wildman–Crippen MR) is 135 cm³/mol. The lowest BCUT2D eigenvalue weighted by Crippen LogP contribution is -2.31. The molecule has 1 atom stereocenters. The Labute approximate surface area is 206 Å². The summed E-state index contributed by atoms with van der Waals surface area (Å²) in [6.45, 7) is 5.44. The summed E-state index contributed by atoms with van der Waals surface area (Å²) in [4.78, 5) is 12.5. The van der Waals surface area contributed by atoms with E-state index in [1.165, 1.54) is 24.3 Å². The highest BCUT2D eigenvalue weighted by atomic mass is 32.2. The van der Waals surface area contributed by atoms with Crippen LogP contribution >= 0.6 is 0 Å². The second-order valence-electron chi connectivity index (χ2n) is 8.15. The summed E-state index contributed by atoms with van der Waals surface area (Å²) in [7, 11) is -0.647. The fourth-order valence-electron chi connectivity index (χ4n) is 3.60. The number of aryl methyl sites for hydroxylation is 2. The van der Waals surface area contributed by atoms with Crippen molar-refractivity contribution in [2.45, 2.75) is 31.7 Å². The van der Waals surface area contributed by atoms with Crippen molar-refractivity contribution in [1.82, 2.24) is 5.32 Å². The number of carbonyl (C=O) groups excluding carboxylic acids is 1. The summed E-state index contributed by atoms with van der Waals surface area (Å²) in [6, 6.07) is 16.5. The highest BCUT2D eigenvalue weighted by Crippen LogP contribution is 2.30. The van der Waals surface area contributed by atoms with Gasteiger partial charge in [0.2, 0.25) is 0 Å². The number of rotatable bonds is 10. The van der Waals surface area contributed by atoms with E-state index in [2.05, 4.69) is 10.0 Å². The number of amides is 1. The van der Waals surface area contributed by atoms with Crippen molar-refractivity contribution < 1.29 is 27.4 Å². The normalized spacial score (nSPS) is 11.9. The molecular formula is C26H30N2O6S. The van der Waals surface area contributed by atoms with Gasteiger partial charge in [0.15, 0.2) is 18.1 Å². The average molecular weight is 499 g/mol. The van der Waals surface area contributed by atoms with Crippen LogP contribution in [0.2, 0.25) is 0 Å². The van der Waals surface area contributed by atoms with E-state index in [0.717, 1.165) is 16.7 Å². The summed E-state index contributed by atoms with van der Waals surface area (Å²) in [6.07, 6.45) is 0. The lowest BCUT2D eigenvalue weighted by atomic mass is 10.1. The highest BCUT2D eigenvalue weighted by molar-refractivity contribution is 7.92. The van der Waals surface area contributed by atoms with Gasteiger partial charge in [-0.15, -0.1) is 0 Å². The Kier molecular flexibility index (Phi) is 8.24. The first-order valence-electron chi connectivity index (χ1n) is 11.0. The summed E-state index contributed by atoms with van der Waals surface area (Å²) in [5.41, 5.74) is 3.28. The molecule has 3 aromatic rings. The van der Waals surface area contributed by atoms with E-state index in [1.54, 1.807) is 38.5 Å². The van der Waals surface area contributed by atoms with Crippen LogP contribution in [0.3, 0.4) is 0 Å².